The standard InChI is InChI=1S/C17H18N2/c1-4-7-14-10-15(9-8-13(14)5-2)17-12-18-11-16(6-3)19-17/h5-6,8-12H,2-4,7H2,1H3. The molecule has 96 valence electrons. The molecule has 1 aromatic carbocycles. The van der Waals surface area contributed by atoms with Crippen LogP contribution in [0.4, 0.5) is 0 Å². The zero-order valence-corrected chi connectivity index (χ0v) is 11.3. The third kappa shape index (κ3) is 2.97. The van der Waals surface area contributed by atoms with Crippen LogP contribution in [0.1, 0.15) is 30.2 Å². The second-order valence-corrected chi connectivity index (χ2v) is 4.40. The lowest BCUT2D eigenvalue weighted by molar-refractivity contribution is 0.919. The van der Waals surface area contributed by atoms with Crippen molar-refractivity contribution in [1.29, 1.82) is 0 Å². The molecule has 2 rings (SSSR count). The smallest absolute Gasteiger partial charge is 0.0892 e. The number of nitrogens with zero attached hydrogens (tertiary/aromatic N) is 2. The Morgan fingerprint density at radius 3 is 2.68 bits per heavy atom. The third-order valence-corrected chi connectivity index (χ3v) is 3.04. The van der Waals surface area contributed by atoms with Gasteiger partial charge < -0.3 is 0 Å². The first kappa shape index (κ1) is 13.2. The molecule has 0 aliphatic carbocycles. The maximum absolute atomic E-state index is 4.51. The average Bonchev–Trinajstić information content (AvgIpc) is 2.47. The van der Waals surface area contributed by atoms with Crippen molar-refractivity contribution >= 4 is 12.2 Å². The van der Waals surface area contributed by atoms with E-state index in [1.807, 2.05) is 6.08 Å². The van der Waals surface area contributed by atoms with Gasteiger partial charge in [-0.3, -0.25) is 4.98 Å². The molecule has 19 heavy (non-hydrogen) atoms. The highest BCUT2D eigenvalue weighted by atomic mass is 14.8. The highest BCUT2D eigenvalue weighted by Crippen LogP contribution is 2.22. The van der Waals surface area contributed by atoms with Crippen LogP contribution in [0.3, 0.4) is 0 Å². The predicted molar refractivity (Wildman–Crippen MR) is 81.6 cm³/mol. The van der Waals surface area contributed by atoms with Crippen LogP contribution in [-0.4, -0.2) is 9.97 Å². The molecular weight excluding hydrogens is 232 g/mol. The van der Waals surface area contributed by atoms with Gasteiger partial charge in [-0.2, -0.15) is 0 Å². The molecule has 0 fully saturated rings. The van der Waals surface area contributed by atoms with Gasteiger partial charge in [-0.1, -0.05) is 44.7 Å². The van der Waals surface area contributed by atoms with Crippen LogP contribution < -0.4 is 0 Å². The Hall–Kier alpha value is -2.22. The molecular formula is C17H18N2. The number of rotatable bonds is 5. The average molecular weight is 250 g/mol. The molecule has 0 atom stereocenters. The molecule has 0 aliphatic heterocycles. The van der Waals surface area contributed by atoms with E-state index in [1.165, 1.54) is 11.1 Å². The third-order valence-electron chi connectivity index (χ3n) is 3.04. The normalized spacial score (nSPS) is 10.2. The van der Waals surface area contributed by atoms with Crippen molar-refractivity contribution in [3.63, 3.8) is 0 Å². The fraction of sp³-hybridized carbons (Fsp3) is 0.176. The monoisotopic (exact) mass is 250 g/mol. The molecule has 1 heterocycles. The zero-order valence-electron chi connectivity index (χ0n) is 11.3. The first-order valence-corrected chi connectivity index (χ1v) is 6.48. The van der Waals surface area contributed by atoms with Gasteiger partial charge >= 0.3 is 0 Å². The molecule has 2 heteroatoms. The van der Waals surface area contributed by atoms with E-state index < -0.39 is 0 Å². The number of hydrogen-bond acceptors (Lipinski definition) is 2. The van der Waals surface area contributed by atoms with E-state index in [2.05, 4.69) is 48.2 Å². The van der Waals surface area contributed by atoms with E-state index in [0.717, 1.165) is 29.8 Å². The van der Waals surface area contributed by atoms with Gasteiger partial charge in [0, 0.05) is 5.56 Å². The van der Waals surface area contributed by atoms with Gasteiger partial charge in [0.05, 0.1) is 23.8 Å². The van der Waals surface area contributed by atoms with Crippen LogP contribution in [0.15, 0.2) is 43.8 Å². The Labute approximate surface area is 114 Å². The fourth-order valence-electron chi connectivity index (χ4n) is 2.07. The molecule has 0 bridgehead atoms. The van der Waals surface area contributed by atoms with E-state index >= 15 is 0 Å². The Balaban J connectivity index is 2.46. The molecule has 0 spiro atoms. The van der Waals surface area contributed by atoms with Gasteiger partial charge in [-0.05, 0) is 29.7 Å². The van der Waals surface area contributed by atoms with Crippen LogP contribution in [-0.2, 0) is 6.42 Å². The van der Waals surface area contributed by atoms with E-state index in [9.17, 15) is 0 Å². The van der Waals surface area contributed by atoms with Crippen molar-refractivity contribution in [2.75, 3.05) is 0 Å². The summed E-state index contributed by atoms with van der Waals surface area (Å²) < 4.78 is 0. The quantitative estimate of drug-likeness (QED) is 0.787. The van der Waals surface area contributed by atoms with E-state index in [1.54, 1.807) is 18.5 Å². The summed E-state index contributed by atoms with van der Waals surface area (Å²) in [6, 6.07) is 6.33. The molecule has 0 saturated heterocycles. The van der Waals surface area contributed by atoms with Crippen molar-refractivity contribution in [2.24, 2.45) is 0 Å². The minimum atomic E-state index is 0.794. The van der Waals surface area contributed by atoms with E-state index in [0.29, 0.717) is 0 Å². The Morgan fingerprint density at radius 1 is 1.16 bits per heavy atom. The summed E-state index contributed by atoms with van der Waals surface area (Å²) in [5, 5.41) is 0. The molecule has 0 N–H and O–H groups in total. The molecule has 1 aromatic heterocycles. The number of hydrogen-bond donors (Lipinski definition) is 0. The second-order valence-electron chi connectivity index (χ2n) is 4.40. The van der Waals surface area contributed by atoms with Crippen molar-refractivity contribution in [2.45, 2.75) is 19.8 Å². The molecule has 0 aliphatic rings. The minimum absolute atomic E-state index is 0.794. The maximum Gasteiger partial charge on any atom is 0.0892 e. The summed E-state index contributed by atoms with van der Waals surface area (Å²) in [5.41, 5.74) is 5.26. The highest BCUT2D eigenvalue weighted by Gasteiger charge is 2.05. The Kier molecular flexibility index (Phi) is 4.24. The van der Waals surface area contributed by atoms with E-state index in [-0.39, 0.29) is 0 Å². The predicted octanol–water partition coefficient (Wildman–Crippen LogP) is 4.38. The first-order chi connectivity index (χ1) is 9.28. The summed E-state index contributed by atoms with van der Waals surface area (Å²) in [4.78, 5) is 8.71. The molecule has 0 saturated carbocycles. The van der Waals surface area contributed by atoms with Crippen LogP contribution in [0.5, 0.6) is 0 Å². The van der Waals surface area contributed by atoms with Gasteiger partial charge in [0.15, 0.2) is 0 Å². The topological polar surface area (TPSA) is 25.8 Å². The lowest BCUT2D eigenvalue weighted by Crippen LogP contribution is -1.93. The first-order valence-electron chi connectivity index (χ1n) is 6.48. The van der Waals surface area contributed by atoms with Gasteiger partial charge in [0.1, 0.15) is 0 Å². The lowest BCUT2D eigenvalue weighted by Gasteiger charge is -2.08. The number of aromatic nitrogens is 2. The molecule has 2 nitrogen and oxygen atoms in total. The van der Waals surface area contributed by atoms with E-state index in [4.69, 9.17) is 0 Å². The van der Waals surface area contributed by atoms with Crippen molar-refractivity contribution in [1.82, 2.24) is 9.97 Å². The number of benzene rings is 1. The van der Waals surface area contributed by atoms with Crippen LogP contribution in [0.25, 0.3) is 23.4 Å². The summed E-state index contributed by atoms with van der Waals surface area (Å²) in [7, 11) is 0. The van der Waals surface area contributed by atoms with Crippen molar-refractivity contribution in [3.05, 3.63) is 60.6 Å². The van der Waals surface area contributed by atoms with Crippen molar-refractivity contribution < 1.29 is 0 Å². The van der Waals surface area contributed by atoms with Gasteiger partial charge in [-0.15, -0.1) is 0 Å². The second kappa shape index (κ2) is 6.10. The maximum atomic E-state index is 4.51. The Bertz CT molecular complexity index is 600. The summed E-state index contributed by atoms with van der Waals surface area (Å²) >= 11 is 0. The summed E-state index contributed by atoms with van der Waals surface area (Å²) in [6.07, 6.45) is 9.27. The number of aryl methyl sites for hydroxylation is 1. The highest BCUT2D eigenvalue weighted by molar-refractivity contribution is 5.65. The van der Waals surface area contributed by atoms with Crippen LogP contribution >= 0.6 is 0 Å². The lowest BCUT2D eigenvalue weighted by atomic mass is 9.99. The van der Waals surface area contributed by atoms with Crippen LogP contribution in [0, 0.1) is 0 Å². The molecule has 0 unspecified atom stereocenters. The van der Waals surface area contributed by atoms with Gasteiger partial charge in [-0.25, -0.2) is 4.98 Å². The fourth-order valence-corrected chi connectivity index (χ4v) is 2.07. The SMILES string of the molecule is C=Cc1cncc(-c2ccc(C=C)c(CCC)c2)n1. The molecule has 0 radical (unpaired) electrons. The minimum Gasteiger partial charge on any atom is -0.260 e. The summed E-state index contributed by atoms with van der Waals surface area (Å²) in [5.74, 6) is 0. The zero-order chi connectivity index (χ0) is 13.7. The van der Waals surface area contributed by atoms with Crippen molar-refractivity contribution in [3.8, 4) is 11.3 Å². The largest absolute Gasteiger partial charge is 0.260 e. The van der Waals surface area contributed by atoms with Gasteiger partial charge in [0.2, 0.25) is 0 Å². The Morgan fingerprint density at radius 2 is 2.00 bits per heavy atom. The summed E-state index contributed by atoms with van der Waals surface area (Å²) in [6.45, 7) is 9.76. The van der Waals surface area contributed by atoms with Gasteiger partial charge in [0.25, 0.3) is 0 Å². The van der Waals surface area contributed by atoms with Crippen LogP contribution in [0.2, 0.25) is 0 Å². The molecule has 0 amide bonds. The molecule has 2 aromatic rings.